The Balaban J connectivity index is 1.95. The molecule has 0 aliphatic rings. The fourth-order valence-corrected chi connectivity index (χ4v) is 2.54. The van der Waals surface area contributed by atoms with Crippen LogP contribution in [0.2, 0.25) is 0 Å². The summed E-state index contributed by atoms with van der Waals surface area (Å²) in [5.74, 6) is 0.190. The van der Waals surface area contributed by atoms with Crippen LogP contribution in [-0.4, -0.2) is 5.91 Å². The maximum Gasteiger partial charge on any atom is 0.224 e. The molecule has 3 nitrogen and oxygen atoms in total. The summed E-state index contributed by atoms with van der Waals surface area (Å²) >= 11 is 2.23. The average molecular weight is 380 g/mol. The number of halogens is 1. The first-order chi connectivity index (χ1) is 9.54. The monoisotopic (exact) mass is 380 g/mol. The van der Waals surface area contributed by atoms with Crippen LogP contribution in [0.4, 0.5) is 11.4 Å². The van der Waals surface area contributed by atoms with Gasteiger partial charge < -0.3 is 11.1 Å². The van der Waals surface area contributed by atoms with Crippen molar-refractivity contribution < 1.29 is 4.79 Å². The lowest BCUT2D eigenvalue weighted by molar-refractivity contribution is -0.116. The highest BCUT2D eigenvalue weighted by atomic mass is 127. The zero-order chi connectivity index (χ0) is 14.5. The molecule has 3 N–H and O–H groups in total. The molecule has 0 fully saturated rings. The van der Waals surface area contributed by atoms with Crippen LogP contribution in [0.15, 0.2) is 48.5 Å². The summed E-state index contributed by atoms with van der Waals surface area (Å²) in [5, 5.41) is 2.93. The van der Waals surface area contributed by atoms with Crippen LogP contribution in [0.3, 0.4) is 0 Å². The van der Waals surface area contributed by atoms with E-state index in [0.29, 0.717) is 6.42 Å². The highest BCUT2D eigenvalue weighted by Gasteiger charge is 2.11. The number of amides is 1. The molecule has 1 amide bonds. The molecular formula is C16H17IN2O. The molecule has 0 bridgehead atoms. The van der Waals surface area contributed by atoms with E-state index >= 15 is 0 Å². The maximum atomic E-state index is 12.0. The smallest absolute Gasteiger partial charge is 0.224 e. The number of nitrogens with one attached hydrogen (secondary N) is 1. The van der Waals surface area contributed by atoms with E-state index in [2.05, 4.69) is 27.9 Å². The molecule has 0 radical (unpaired) electrons. The van der Waals surface area contributed by atoms with Crippen molar-refractivity contribution >= 4 is 39.9 Å². The van der Waals surface area contributed by atoms with E-state index in [9.17, 15) is 4.79 Å². The maximum absolute atomic E-state index is 12.0. The number of carbonyl (C=O) groups excluding carboxylic acids is 1. The van der Waals surface area contributed by atoms with Crippen LogP contribution < -0.4 is 11.1 Å². The van der Waals surface area contributed by atoms with Crippen LogP contribution in [0.1, 0.15) is 24.8 Å². The van der Waals surface area contributed by atoms with Gasteiger partial charge in [-0.05, 0) is 64.4 Å². The molecule has 20 heavy (non-hydrogen) atoms. The Morgan fingerprint density at radius 1 is 1.25 bits per heavy atom. The van der Waals surface area contributed by atoms with Crippen LogP contribution in [0.25, 0.3) is 0 Å². The van der Waals surface area contributed by atoms with Gasteiger partial charge in [0.2, 0.25) is 5.91 Å². The standard InChI is InChI=1S/C16H17IN2O/c1-11(12-5-7-14(18)8-6-12)9-16(20)19-15-4-2-3-13(17)10-15/h2-8,10-11H,9,18H2,1H3,(H,19,20). The molecule has 0 saturated carbocycles. The summed E-state index contributed by atoms with van der Waals surface area (Å²) in [6.07, 6.45) is 0.454. The van der Waals surface area contributed by atoms with Gasteiger partial charge in [-0.1, -0.05) is 25.1 Å². The number of rotatable bonds is 4. The van der Waals surface area contributed by atoms with Gasteiger partial charge >= 0.3 is 0 Å². The molecule has 4 heteroatoms. The zero-order valence-corrected chi connectivity index (χ0v) is 13.4. The molecule has 0 aliphatic carbocycles. The lowest BCUT2D eigenvalue weighted by atomic mass is 9.97. The molecule has 2 aromatic carbocycles. The second kappa shape index (κ2) is 6.74. The Morgan fingerprint density at radius 3 is 2.60 bits per heavy atom. The van der Waals surface area contributed by atoms with Crippen molar-refractivity contribution in [3.63, 3.8) is 0 Å². The molecule has 0 spiro atoms. The number of nitrogens with two attached hydrogens (primary N) is 1. The molecule has 0 aliphatic heterocycles. The Hall–Kier alpha value is -1.56. The van der Waals surface area contributed by atoms with Crippen molar-refractivity contribution in [2.24, 2.45) is 0 Å². The summed E-state index contributed by atoms with van der Waals surface area (Å²) in [5.41, 5.74) is 8.37. The number of anilines is 2. The third-order valence-corrected chi connectivity index (χ3v) is 3.78. The first-order valence-electron chi connectivity index (χ1n) is 6.45. The van der Waals surface area contributed by atoms with Crippen molar-refractivity contribution in [1.29, 1.82) is 0 Å². The van der Waals surface area contributed by atoms with Crippen LogP contribution in [0.5, 0.6) is 0 Å². The fourth-order valence-electron chi connectivity index (χ4n) is 2.00. The van der Waals surface area contributed by atoms with Gasteiger partial charge in [-0.2, -0.15) is 0 Å². The molecule has 0 saturated heterocycles. The number of hydrogen-bond acceptors (Lipinski definition) is 2. The van der Waals surface area contributed by atoms with E-state index in [1.165, 1.54) is 0 Å². The third kappa shape index (κ3) is 4.23. The van der Waals surface area contributed by atoms with E-state index in [1.807, 2.05) is 55.5 Å². The molecule has 104 valence electrons. The van der Waals surface area contributed by atoms with Crippen LogP contribution in [0, 0.1) is 3.57 Å². The molecule has 1 unspecified atom stereocenters. The van der Waals surface area contributed by atoms with Gasteiger partial charge in [0, 0.05) is 21.4 Å². The van der Waals surface area contributed by atoms with E-state index < -0.39 is 0 Å². The van der Waals surface area contributed by atoms with Crippen molar-refractivity contribution in [3.05, 3.63) is 57.7 Å². The summed E-state index contributed by atoms with van der Waals surface area (Å²) in [6.45, 7) is 2.04. The minimum Gasteiger partial charge on any atom is -0.399 e. The van der Waals surface area contributed by atoms with Crippen molar-refractivity contribution in [2.75, 3.05) is 11.1 Å². The lowest BCUT2D eigenvalue weighted by Crippen LogP contribution is -2.14. The lowest BCUT2D eigenvalue weighted by Gasteiger charge is -2.12. The van der Waals surface area contributed by atoms with Gasteiger partial charge in [0.05, 0.1) is 0 Å². The van der Waals surface area contributed by atoms with Crippen molar-refractivity contribution in [3.8, 4) is 0 Å². The highest BCUT2D eigenvalue weighted by Crippen LogP contribution is 2.21. The predicted octanol–water partition coefficient (Wildman–Crippen LogP) is 4.01. The summed E-state index contributed by atoms with van der Waals surface area (Å²) in [6, 6.07) is 15.4. The summed E-state index contributed by atoms with van der Waals surface area (Å²) < 4.78 is 1.10. The summed E-state index contributed by atoms with van der Waals surface area (Å²) in [7, 11) is 0. The Bertz CT molecular complexity index is 596. The number of benzene rings is 2. The topological polar surface area (TPSA) is 55.1 Å². The van der Waals surface area contributed by atoms with Gasteiger partial charge in [-0.25, -0.2) is 0 Å². The van der Waals surface area contributed by atoms with E-state index in [0.717, 1.165) is 20.5 Å². The van der Waals surface area contributed by atoms with Crippen molar-refractivity contribution in [1.82, 2.24) is 0 Å². The van der Waals surface area contributed by atoms with Crippen LogP contribution in [-0.2, 0) is 4.79 Å². The average Bonchev–Trinajstić information content (AvgIpc) is 2.39. The number of carbonyl (C=O) groups is 1. The number of hydrogen-bond donors (Lipinski definition) is 2. The molecular weight excluding hydrogens is 363 g/mol. The Kier molecular flexibility index (Phi) is 5.00. The number of nitrogen functional groups attached to an aromatic ring is 1. The second-order valence-electron chi connectivity index (χ2n) is 4.83. The first kappa shape index (κ1) is 14.8. The minimum absolute atomic E-state index is 0.0244. The Morgan fingerprint density at radius 2 is 1.95 bits per heavy atom. The molecule has 2 aromatic rings. The highest BCUT2D eigenvalue weighted by molar-refractivity contribution is 14.1. The van der Waals surface area contributed by atoms with Gasteiger partial charge in [0.1, 0.15) is 0 Å². The molecule has 2 rings (SSSR count). The molecule has 0 heterocycles. The minimum atomic E-state index is 0.0244. The SMILES string of the molecule is CC(CC(=O)Nc1cccc(I)c1)c1ccc(N)cc1. The van der Waals surface area contributed by atoms with Crippen molar-refractivity contribution in [2.45, 2.75) is 19.3 Å². The van der Waals surface area contributed by atoms with E-state index in [4.69, 9.17) is 5.73 Å². The summed E-state index contributed by atoms with van der Waals surface area (Å²) in [4.78, 5) is 12.0. The van der Waals surface area contributed by atoms with Gasteiger partial charge in [0.15, 0.2) is 0 Å². The fraction of sp³-hybridized carbons (Fsp3) is 0.188. The molecule has 0 aromatic heterocycles. The first-order valence-corrected chi connectivity index (χ1v) is 7.53. The zero-order valence-electron chi connectivity index (χ0n) is 11.3. The third-order valence-electron chi connectivity index (χ3n) is 3.11. The van der Waals surface area contributed by atoms with Gasteiger partial charge in [0.25, 0.3) is 0 Å². The van der Waals surface area contributed by atoms with Crippen LogP contribution >= 0.6 is 22.6 Å². The van der Waals surface area contributed by atoms with Gasteiger partial charge in [-0.15, -0.1) is 0 Å². The van der Waals surface area contributed by atoms with E-state index in [-0.39, 0.29) is 11.8 Å². The predicted molar refractivity (Wildman–Crippen MR) is 91.7 cm³/mol. The largest absolute Gasteiger partial charge is 0.399 e. The quantitative estimate of drug-likeness (QED) is 0.622. The normalized spacial score (nSPS) is 11.9. The molecule has 1 atom stereocenters. The van der Waals surface area contributed by atoms with E-state index in [1.54, 1.807) is 0 Å². The second-order valence-corrected chi connectivity index (χ2v) is 6.08. The van der Waals surface area contributed by atoms with Gasteiger partial charge in [-0.3, -0.25) is 4.79 Å². The Labute approximate surface area is 132 Å².